The van der Waals surface area contributed by atoms with Crippen molar-refractivity contribution in [3.05, 3.63) is 28.6 Å². The summed E-state index contributed by atoms with van der Waals surface area (Å²) in [7, 11) is 0. The van der Waals surface area contributed by atoms with Crippen molar-refractivity contribution in [3.63, 3.8) is 0 Å². The summed E-state index contributed by atoms with van der Waals surface area (Å²) in [4.78, 5) is 14.4. The lowest BCUT2D eigenvalue weighted by Gasteiger charge is -2.12. The van der Waals surface area contributed by atoms with E-state index in [1.54, 1.807) is 6.92 Å². The smallest absolute Gasteiger partial charge is 0.307 e. The van der Waals surface area contributed by atoms with E-state index in [1.807, 2.05) is 0 Å². The van der Waals surface area contributed by atoms with Crippen molar-refractivity contribution in [2.24, 2.45) is 5.73 Å². The number of halogens is 2. The second kappa shape index (κ2) is 4.98. The van der Waals surface area contributed by atoms with Crippen LogP contribution in [-0.4, -0.2) is 16.1 Å². The van der Waals surface area contributed by atoms with Gasteiger partial charge in [0.05, 0.1) is 12.1 Å². The highest BCUT2D eigenvalue weighted by Crippen LogP contribution is 2.26. The molecular formula is C10H12F2N2O2. The SMILES string of the molecule is Cc1cc(CC(=O)O)c(C(F)F)c(CN)n1. The van der Waals surface area contributed by atoms with Crippen LogP contribution in [0.15, 0.2) is 6.07 Å². The van der Waals surface area contributed by atoms with Gasteiger partial charge in [0.2, 0.25) is 0 Å². The van der Waals surface area contributed by atoms with Gasteiger partial charge in [-0.15, -0.1) is 0 Å². The van der Waals surface area contributed by atoms with Crippen molar-refractivity contribution in [1.82, 2.24) is 4.98 Å². The van der Waals surface area contributed by atoms with Crippen LogP contribution in [0.3, 0.4) is 0 Å². The van der Waals surface area contributed by atoms with Gasteiger partial charge in [0.1, 0.15) is 0 Å². The molecule has 0 fully saturated rings. The molecule has 0 aliphatic rings. The summed E-state index contributed by atoms with van der Waals surface area (Å²) in [5.74, 6) is -1.16. The highest BCUT2D eigenvalue weighted by Gasteiger charge is 2.20. The third kappa shape index (κ3) is 2.73. The average molecular weight is 230 g/mol. The molecule has 0 aromatic carbocycles. The normalized spacial score (nSPS) is 10.8. The first-order valence-corrected chi connectivity index (χ1v) is 4.65. The molecule has 0 saturated heterocycles. The Morgan fingerprint density at radius 2 is 2.25 bits per heavy atom. The Bertz CT molecular complexity index is 408. The molecule has 1 heterocycles. The maximum Gasteiger partial charge on any atom is 0.307 e. The fourth-order valence-corrected chi connectivity index (χ4v) is 1.55. The predicted molar refractivity (Wildman–Crippen MR) is 53.2 cm³/mol. The summed E-state index contributed by atoms with van der Waals surface area (Å²) >= 11 is 0. The first kappa shape index (κ1) is 12.5. The van der Waals surface area contributed by atoms with Crippen LogP contribution >= 0.6 is 0 Å². The summed E-state index contributed by atoms with van der Waals surface area (Å²) in [6, 6.07) is 1.36. The number of hydrogen-bond donors (Lipinski definition) is 2. The van der Waals surface area contributed by atoms with E-state index in [0.29, 0.717) is 5.69 Å². The molecule has 16 heavy (non-hydrogen) atoms. The van der Waals surface area contributed by atoms with Crippen LogP contribution < -0.4 is 5.73 Å². The molecule has 0 bridgehead atoms. The number of carbonyl (C=O) groups is 1. The van der Waals surface area contributed by atoms with Crippen LogP contribution in [-0.2, 0) is 17.8 Å². The topological polar surface area (TPSA) is 76.2 Å². The Hall–Kier alpha value is -1.56. The molecule has 0 radical (unpaired) electrons. The predicted octanol–water partition coefficient (Wildman–Crippen LogP) is 1.41. The monoisotopic (exact) mass is 230 g/mol. The zero-order chi connectivity index (χ0) is 12.3. The lowest BCUT2D eigenvalue weighted by molar-refractivity contribution is -0.136. The fourth-order valence-electron chi connectivity index (χ4n) is 1.55. The minimum atomic E-state index is -2.76. The number of alkyl halides is 2. The summed E-state index contributed by atoms with van der Waals surface area (Å²) in [5, 5.41) is 8.63. The summed E-state index contributed by atoms with van der Waals surface area (Å²) in [6.45, 7) is 1.48. The highest BCUT2D eigenvalue weighted by molar-refractivity contribution is 5.71. The minimum absolute atomic E-state index is 0.0613. The molecule has 6 heteroatoms. The van der Waals surface area contributed by atoms with Gasteiger partial charge in [-0.05, 0) is 18.6 Å². The maximum atomic E-state index is 12.8. The highest BCUT2D eigenvalue weighted by atomic mass is 19.3. The molecule has 88 valence electrons. The molecule has 0 aliphatic heterocycles. The minimum Gasteiger partial charge on any atom is -0.481 e. The van der Waals surface area contributed by atoms with E-state index < -0.39 is 18.8 Å². The molecular weight excluding hydrogens is 218 g/mol. The molecule has 0 amide bonds. The van der Waals surface area contributed by atoms with E-state index in [0.717, 1.165) is 0 Å². The number of nitrogens with zero attached hydrogens (tertiary/aromatic N) is 1. The van der Waals surface area contributed by atoms with Crippen LogP contribution in [0.5, 0.6) is 0 Å². The van der Waals surface area contributed by atoms with Gasteiger partial charge in [0.15, 0.2) is 0 Å². The molecule has 4 nitrogen and oxygen atoms in total. The van der Waals surface area contributed by atoms with Crippen molar-refractivity contribution in [1.29, 1.82) is 0 Å². The first-order valence-electron chi connectivity index (χ1n) is 4.65. The summed E-state index contributed by atoms with van der Waals surface area (Å²) in [6.07, 6.45) is -3.21. The van der Waals surface area contributed by atoms with Crippen molar-refractivity contribution >= 4 is 5.97 Å². The lowest BCUT2D eigenvalue weighted by atomic mass is 10.0. The zero-order valence-corrected chi connectivity index (χ0v) is 8.70. The molecule has 0 atom stereocenters. The second-order valence-corrected chi connectivity index (χ2v) is 3.36. The van der Waals surface area contributed by atoms with Crippen molar-refractivity contribution in [2.45, 2.75) is 26.3 Å². The molecule has 0 aliphatic carbocycles. The van der Waals surface area contributed by atoms with Crippen molar-refractivity contribution in [3.8, 4) is 0 Å². The van der Waals surface area contributed by atoms with E-state index in [9.17, 15) is 13.6 Å². The lowest BCUT2D eigenvalue weighted by Crippen LogP contribution is -2.12. The number of pyridine rings is 1. The first-order chi connectivity index (χ1) is 7.45. The van der Waals surface area contributed by atoms with Gasteiger partial charge >= 0.3 is 5.97 Å². The van der Waals surface area contributed by atoms with Crippen LogP contribution in [0.4, 0.5) is 8.78 Å². The fraction of sp³-hybridized carbons (Fsp3) is 0.400. The molecule has 0 unspecified atom stereocenters. The van der Waals surface area contributed by atoms with E-state index in [-0.39, 0.29) is 23.4 Å². The Morgan fingerprint density at radius 1 is 1.62 bits per heavy atom. The third-order valence-electron chi connectivity index (χ3n) is 2.10. The summed E-state index contributed by atoms with van der Waals surface area (Å²) in [5.41, 5.74) is 5.59. The van der Waals surface area contributed by atoms with Crippen molar-refractivity contribution in [2.75, 3.05) is 0 Å². The molecule has 1 aromatic heterocycles. The Labute approximate surface area is 91.1 Å². The van der Waals surface area contributed by atoms with E-state index in [1.165, 1.54) is 6.07 Å². The van der Waals surface area contributed by atoms with Crippen molar-refractivity contribution < 1.29 is 18.7 Å². The third-order valence-corrected chi connectivity index (χ3v) is 2.10. The number of aryl methyl sites for hydroxylation is 1. The van der Waals surface area contributed by atoms with Crippen LogP contribution in [0.2, 0.25) is 0 Å². The molecule has 1 rings (SSSR count). The van der Waals surface area contributed by atoms with Gasteiger partial charge < -0.3 is 10.8 Å². The standard InChI is InChI=1S/C10H12F2N2O2/c1-5-2-6(3-8(15)16)9(10(11)12)7(4-13)14-5/h2,10H,3-4,13H2,1H3,(H,15,16). The average Bonchev–Trinajstić information content (AvgIpc) is 2.14. The molecule has 0 saturated carbocycles. The van der Waals surface area contributed by atoms with Gasteiger partial charge in [-0.1, -0.05) is 0 Å². The van der Waals surface area contributed by atoms with Crippen LogP contribution in [0, 0.1) is 6.92 Å². The Morgan fingerprint density at radius 3 is 2.69 bits per heavy atom. The Balaban J connectivity index is 3.32. The van der Waals surface area contributed by atoms with Gasteiger partial charge in [0, 0.05) is 17.8 Å². The molecule has 0 spiro atoms. The number of aliphatic carboxylic acids is 1. The van der Waals surface area contributed by atoms with Gasteiger partial charge in [0.25, 0.3) is 6.43 Å². The maximum absolute atomic E-state index is 12.8. The Kier molecular flexibility index (Phi) is 3.89. The number of rotatable bonds is 4. The van der Waals surface area contributed by atoms with Gasteiger partial charge in [-0.3, -0.25) is 9.78 Å². The molecule has 1 aromatic rings. The quantitative estimate of drug-likeness (QED) is 0.820. The number of carboxylic acid groups (broad SMARTS) is 1. The van der Waals surface area contributed by atoms with Gasteiger partial charge in [-0.25, -0.2) is 8.78 Å². The number of nitrogens with two attached hydrogens (primary N) is 1. The largest absolute Gasteiger partial charge is 0.481 e. The zero-order valence-electron chi connectivity index (χ0n) is 8.70. The van der Waals surface area contributed by atoms with Crippen LogP contribution in [0.25, 0.3) is 0 Å². The molecule has 3 N–H and O–H groups in total. The van der Waals surface area contributed by atoms with Crippen LogP contribution in [0.1, 0.15) is 28.9 Å². The number of carboxylic acids is 1. The number of hydrogen-bond acceptors (Lipinski definition) is 3. The van der Waals surface area contributed by atoms with E-state index >= 15 is 0 Å². The van der Waals surface area contributed by atoms with E-state index in [2.05, 4.69) is 4.98 Å². The number of aromatic nitrogens is 1. The second-order valence-electron chi connectivity index (χ2n) is 3.36. The van der Waals surface area contributed by atoms with Gasteiger partial charge in [-0.2, -0.15) is 0 Å². The van der Waals surface area contributed by atoms with E-state index in [4.69, 9.17) is 10.8 Å². The summed E-state index contributed by atoms with van der Waals surface area (Å²) < 4.78 is 25.5.